The molecule has 3 heteroatoms. The highest BCUT2D eigenvalue weighted by atomic mass is 16.3. The SMILES string of the molecule is c1ccc2c(N(c3ccc4oc5ccccc5c4c3)c3cccc4c3oc3c5ccccc5ccc43)cccc2c1. The summed E-state index contributed by atoms with van der Waals surface area (Å²) in [6.07, 6.45) is 0. The number of nitrogens with zero attached hydrogens (tertiary/aromatic N) is 1. The van der Waals surface area contributed by atoms with E-state index < -0.39 is 0 Å². The lowest BCUT2D eigenvalue weighted by Crippen LogP contribution is -2.10. The molecule has 0 aliphatic carbocycles. The zero-order valence-corrected chi connectivity index (χ0v) is 22.0. The van der Waals surface area contributed by atoms with E-state index in [1.165, 1.54) is 16.2 Å². The Hall–Kier alpha value is -5.54. The lowest BCUT2D eigenvalue weighted by molar-refractivity contribution is 0.669. The maximum Gasteiger partial charge on any atom is 0.159 e. The number of furan rings is 2. The van der Waals surface area contributed by atoms with Crippen LogP contribution < -0.4 is 4.90 Å². The zero-order valence-electron chi connectivity index (χ0n) is 22.0. The number of rotatable bonds is 3. The lowest BCUT2D eigenvalue weighted by atomic mass is 10.0. The Morgan fingerprint density at radius 3 is 1.90 bits per heavy atom. The number of para-hydroxylation sites is 2. The Bertz CT molecular complexity index is 2440. The minimum Gasteiger partial charge on any atom is -0.456 e. The third kappa shape index (κ3) is 3.26. The molecule has 0 radical (unpaired) electrons. The summed E-state index contributed by atoms with van der Waals surface area (Å²) >= 11 is 0. The maximum atomic E-state index is 6.82. The highest BCUT2D eigenvalue weighted by Gasteiger charge is 2.22. The Balaban J connectivity index is 1.39. The van der Waals surface area contributed by atoms with Crippen LogP contribution in [0.5, 0.6) is 0 Å². The fourth-order valence-corrected chi connectivity index (χ4v) is 6.35. The first-order valence-corrected chi connectivity index (χ1v) is 13.9. The van der Waals surface area contributed by atoms with Crippen LogP contribution in [-0.4, -0.2) is 0 Å². The normalized spacial score (nSPS) is 11.9. The molecule has 0 bridgehead atoms. The van der Waals surface area contributed by atoms with Crippen molar-refractivity contribution < 1.29 is 8.83 Å². The highest BCUT2D eigenvalue weighted by Crippen LogP contribution is 2.46. The standard InChI is InChI=1S/C38H23NO2/c1-3-12-27-24(9-1)11-7-16-33(27)39(26-20-22-36-32(23-26)29-14-5-6-18-35(29)40-36)34-17-8-15-30-31-21-19-25-10-2-4-13-28(25)37(31)41-38(30)34/h1-23H. The molecule has 41 heavy (non-hydrogen) atoms. The molecule has 7 aromatic carbocycles. The van der Waals surface area contributed by atoms with Gasteiger partial charge in [-0.3, -0.25) is 0 Å². The number of fused-ring (bicyclic) bond motifs is 9. The van der Waals surface area contributed by atoms with Crippen molar-refractivity contribution in [2.45, 2.75) is 0 Å². The second kappa shape index (κ2) is 8.48. The fourth-order valence-electron chi connectivity index (χ4n) is 6.35. The summed E-state index contributed by atoms with van der Waals surface area (Å²) in [5, 5.41) is 9.07. The predicted octanol–water partition coefficient (Wildman–Crippen LogP) is 11.3. The van der Waals surface area contributed by atoms with Crippen molar-refractivity contribution in [3.05, 3.63) is 140 Å². The van der Waals surface area contributed by atoms with E-state index >= 15 is 0 Å². The van der Waals surface area contributed by atoms with Gasteiger partial charge < -0.3 is 13.7 Å². The van der Waals surface area contributed by atoms with E-state index in [9.17, 15) is 0 Å². The summed E-state index contributed by atoms with van der Waals surface area (Å²) in [4.78, 5) is 2.33. The van der Waals surface area contributed by atoms with Gasteiger partial charge in [-0.1, -0.05) is 97.1 Å². The van der Waals surface area contributed by atoms with Crippen LogP contribution in [0.3, 0.4) is 0 Å². The van der Waals surface area contributed by atoms with Gasteiger partial charge in [0.2, 0.25) is 0 Å². The first-order valence-electron chi connectivity index (χ1n) is 13.9. The molecule has 0 amide bonds. The summed E-state index contributed by atoms with van der Waals surface area (Å²) in [6, 6.07) is 48.9. The Labute approximate surface area is 235 Å². The summed E-state index contributed by atoms with van der Waals surface area (Å²) in [7, 11) is 0. The van der Waals surface area contributed by atoms with Crippen LogP contribution in [-0.2, 0) is 0 Å². The third-order valence-corrected chi connectivity index (χ3v) is 8.24. The van der Waals surface area contributed by atoms with Gasteiger partial charge in [0.15, 0.2) is 5.58 Å². The molecule has 0 saturated carbocycles. The van der Waals surface area contributed by atoms with Gasteiger partial charge >= 0.3 is 0 Å². The Morgan fingerprint density at radius 2 is 1.00 bits per heavy atom. The molecule has 0 saturated heterocycles. The van der Waals surface area contributed by atoms with Crippen molar-refractivity contribution in [2.75, 3.05) is 4.90 Å². The van der Waals surface area contributed by atoms with Gasteiger partial charge in [-0.05, 0) is 53.2 Å². The van der Waals surface area contributed by atoms with Gasteiger partial charge in [0.1, 0.15) is 16.7 Å². The second-order valence-electron chi connectivity index (χ2n) is 10.5. The molecule has 9 rings (SSSR count). The summed E-state index contributed by atoms with van der Waals surface area (Å²) in [5.41, 5.74) is 6.67. The van der Waals surface area contributed by atoms with Crippen LogP contribution in [0.25, 0.3) is 65.4 Å². The quantitative estimate of drug-likeness (QED) is 0.230. The van der Waals surface area contributed by atoms with E-state index in [0.717, 1.165) is 66.3 Å². The molecule has 0 unspecified atom stereocenters. The first-order chi connectivity index (χ1) is 20.3. The highest BCUT2D eigenvalue weighted by molar-refractivity contribution is 6.18. The molecular weight excluding hydrogens is 502 g/mol. The first kappa shape index (κ1) is 22.3. The molecular formula is C38H23NO2. The molecule has 0 N–H and O–H groups in total. The molecule has 0 aliphatic heterocycles. The zero-order chi connectivity index (χ0) is 26.9. The van der Waals surface area contributed by atoms with Gasteiger partial charge in [0, 0.05) is 38.0 Å². The molecule has 2 heterocycles. The smallest absolute Gasteiger partial charge is 0.159 e. The number of hydrogen-bond donors (Lipinski definition) is 0. The minimum atomic E-state index is 0.865. The van der Waals surface area contributed by atoms with Gasteiger partial charge in [-0.2, -0.15) is 0 Å². The van der Waals surface area contributed by atoms with Crippen molar-refractivity contribution in [1.82, 2.24) is 0 Å². The summed E-state index contributed by atoms with van der Waals surface area (Å²) in [6.45, 7) is 0. The van der Waals surface area contributed by atoms with E-state index in [0.29, 0.717) is 0 Å². The topological polar surface area (TPSA) is 29.5 Å². The number of benzene rings is 7. The van der Waals surface area contributed by atoms with Crippen LogP contribution in [0.2, 0.25) is 0 Å². The molecule has 3 nitrogen and oxygen atoms in total. The number of anilines is 3. The van der Waals surface area contributed by atoms with E-state index in [1.807, 2.05) is 12.1 Å². The largest absolute Gasteiger partial charge is 0.456 e. The molecule has 0 fully saturated rings. The van der Waals surface area contributed by atoms with Crippen molar-refractivity contribution in [2.24, 2.45) is 0 Å². The molecule has 2 aromatic heterocycles. The molecule has 0 atom stereocenters. The van der Waals surface area contributed by atoms with Gasteiger partial charge in [-0.15, -0.1) is 0 Å². The molecule has 192 valence electrons. The van der Waals surface area contributed by atoms with Crippen molar-refractivity contribution in [3.63, 3.8) is 0 Å². The average Bonchev–Trinajstić information content (AvgIpc) is 3.60. The predicted molar refractivity (Wildman–Crippen MR) is 171 cm³/mol. The van der Waals surface area contributed by atoms with Crippen LogP contribution in [0, 0.1) is 0 Å². The van der Waals surface area contributed by atoms with Crippen LogP contribution in [0.1, 0.15) is 0 Å². The van der Waals surface area contributed by atoms with Crippen molar-refractivity contribution >= 4 is 82.5 Å². The van der Waals surface area contributed by atoms with Crippen LogP contribution >= 0.6 is 0 Å². The monoisotopic (exact) mass is 525 g/mol. The Kier molecular flexibility index (Phi) is 4.61. The van der Waals surface area contributed by atoms with Crippen molar-refractivity contribution in [1.29, 1.82) is 0 Å². The van der Waals surface area contributed by atoms with Crippen molar-refractivity contribution in [3.8, 4) is 0 Å². The van der Waals surface area contributed by atoms with Crippen LogP contribution in [0.4, 0.5) is 17.1 Å². The second-order valence-corrected chi connectivity index (χ2v) is 10.5. The van der Waals surface area contributed by atoms with Crippen LogP contribution in [0.15, 0.2) is 148 Å². The van der Waals surface area contributed by atoms with Gasteiger partial charge in [-0.25, -0.2) is 0 Å². The molecule has 0 spiro atoms. The summed E-state index contributed by atoms with van der Waals surface area (Å²) < 4.78 is 13.0. The maximum absolute atomic E-state index is 6.82. The van der Waals surface area contributed by atoms with Gasteiger partial charge in [0.25, 0.3) is 0 Å². The van der Waals surface area contributed by atoms with Gasteiger partial charge in [0.05, 0.1) is 11.4 Å². The van der Waals surface area contributed by atoms with E-state index in [1.54, 1.807) is 0 Å². The van der Waals surface area contributed by atoms with E-state index in [4.69, 9.17) is 8.83 Å². The fraction of sp³-hybridized carbons (Fsp3) is 0. The average molecular weight is 526 g/mol. The number of hydrogen-bond acceptors (Lipinski definition) is 3. The lowest BCUT2D eigenvalue weighted by Gasteiger charge is -2.27. The Morgan fingerprint density at radius 1 is 0.366 bits per heavy atom. The molecule has 9 aromatic rings. The third-order valence-electron chi connectivity index (χ3n) is 8.24. The molecule has 0 aliphatic rings. The minimum absolute atomic E-state index is 0.865. The van der Waals surface area contributed by atoms with E-state index in [-0.39, 0.29) is 0 Å². The van der Waals surface area contributed by atoms with E-state index in [2.05, 4.69) is 132 Å². The summed E-state index contributed by atoms with van der Waals surface area (Å²) in [5.74, 6) is 0.